The Morgan fingerprint density at radius 1 is 0.476 bits per heavy atom. The van der Waals surface area contributed by atoms with Crippen molar-refractivity contribution in [1.29, 1.82) is 0 Å². The van der Waals surface area contributed by atoms with Crippen molar-refractivity contribution in [1.82, 2.24) is 39.5 Å². The fourth-order valence-electron chi connectivity index (χ4n) is 11.7. The van der Waals surface area contributed by atoms with Crippen LogP contribution in [0.3, 0.4) is 0 Å². The van der Waals surface area contributed by atoms with Gasteiger partial charge in [0.2, 0.25) is 0 Å². The number of fused-ring (bicyclic) bond motifs is 6. The van der Waals surface area contributed by atoms with E-state index in [1.807, 2.05) is 138 Å². The molecule has 0 amide bonds. The Bertz CT molecular complexity index is 3880. The first-order valence-electron chi connectivity index (χ1n) is 27.3. The van der Waals surface area contributed by atoms with Crippen molar-refractivity contribution in [3.63, 3.8) is 0 Å². The smallest absolute Gasteiger partial charge is 0.359 e. The number of halogens is 2. The molecule has 7 aromatic carbocycles. The average Bonchev–Trinajstić information content (AvgIpc) is 2.84. The number of aromatic nitrogens is 8. The quantitative estimate of drug-likeness (QED) is 0.0474. The van der Waals surface area contributed by atoms with Crippen molar-refractivity contribution in [2.24, 2.45) is 0 Å². The Morgan fingerprint density at radius 2 is 0.817 bits per heavy atom. The van der Waals surface area contributed by atoms with E-state index < -0.39 is 23.0 Å². The molecule has 0 aliphatic heterocycles. The summed E-state index contributed by atoms with van der Waals surface area (Å²) in [5.74, 6) is -0.754. The molecule has 82 heavy (non-hydrogen) atoms. The van der Waals surface area contributed by atoms with Gasteiger partial charge in [-0.3, -0.25) is 0 Å². The number of esters is 2. The van der Waals surface area contributed by atoms with Gasteiger partial charge in [0, 0.05) is 51.7 Å². The molecule has 12 nitrogen and oxygen atoms in total. The number of rotatable bonds is 13. The van der Waals surface area contributed by atoms with Crippen LogP contribution >= 0.6 is 22.6 Å². The molecule has 2 aliphatic rings. The molecule has 14 heteroatoms. The SMILES string of the molecule is CCOC(=O)c1nn(C(c2ccccc2)(c2ccccc2)c2ccccc2)c2c1CCc1cnc(-c3ccc(F)cc3)nc1-2.CCOC(=O)c1nn(C(c2ccccc2)(c2ccccc2)c2ccccc2)c2c1CCc1cnc(I)nc1-2. The number of aryl methyl sites for hydroxylation is 2. The van der Waals surface area contributed by atoms with Crippen LogP contribution in [0.15, 0.2) is 219 Å². The molecule has 404 valence electrons. The average molecular weight is 1190 g/mol. The topological polar surface area (TPSA) is 140 Å². The number of ether oxygens (including phenoxy) is 2. The van der Waals surface area contributed by atoms with Crippen molar-refractivity contribution in [2.75, 3.05) is 13.2 Å². The highest BCUT2D eigenvalue weighted by Crippen LogP contribution is 2.48. The molecule has 0 fully saturated rings. The predicted molar refractivity (Wildman–Crippen MR) is 321 cm³/mol. The Hall–Kier alpha value is -9.28. The monoisotopic (exact) mass is 1190 g/mol. The second-order valence-electron chi connectivity index (χ2n) is 19.8. The zero-order valence-corrected chi connectivity index (χ0v) is 47.2. The molecule has 0 N–H and O–H groups in total. The van der Waals surface area contributed by atoms with Gasteiger partial charge in [-0.2, -0.15) is 10.2 Å². The summed E-state index contributed by atoms with van der Waals surface area (Å²) in [7, 11) is 0. The number of hydrogen-bond donors (Lipinski definition) is 0. The van der Waals surface area contributed by atoms with Gasteiger partial charge in [-0.25, -0.2) is 43.3 Å². The maximum absolute atomic E-state index is 13.8. The first-order chi connectivity index (χ1) is 40.2. The zero-order valence-electron chi connectivity index (χ0n) is 45.0. The normalized spacial score (nSPS) is 12.4. The summed E-state index contributed by atoms with van der Waals surface area (Å²) in [5.41, 5.74) is 12.1. The second-order valence-corrected chi connectivity index (χ2v) is 20.8. The number of carbonyl (C=O) groups is 2. The summed E-state index contributed by atoms with van der Waals surface area (Å²) in [6.45, 7) is 4.11. The second kappa shape index (κ2) is 23.1. The lowest BCUT2D eigenvalue weighted by molar-refractivity contribution is 0.0507. The molecule has 0 saturated heterocycles. The standard InChI is InChI=1S/C37H29FN4O2.C31H25IN4O2/c1-2-44-36(43)33-31-23-20-26-24-39-35(25-18-21-30(38)22-19-25)40-32(26)34(31)42(41-33)37(27-12-6-3-7-13-27,28-14-8-4-9-15-28)29-16-10-5-11-17-29;1-2-38-29(37)27-25-19-18-21-20-33-30(32)34-26(21)28(25)36(35-27)31(22-12-6-3-7-13-22,23-14-8-4-9-15-23)24-16-10-5-11-17-24/h3-19,21-22,24H,2,20,23H2,1H3;3-17,20H,2,18-19H2,1H3. The zero-order chi connectivity index (χ0) is 56.2. The molecule has 0 saturated carbocycles. The van der Waals surface area contributed by atoms with Gasteiger partial charge in [0.25, 0.3) is 0 Å². The van der Waals surface area contributed by atoms with E-state index in [0.29, 0.717) is 45.9 Å². The molecule has 2 aliphatic carbocycles. The van der Waals surface area contributed by atoms with Crippen molar-refractivity contribution >= 4 is 34.5 Å². The molecule has 4 aromatic heterocycles. The van der Waals surface area contributed by atoms with Crippen LogP contribution in [-0.4, -0.2) is 64.6 Å². The number of carbonyl (C=O) groups excluding carboxylic acids is 2. The van der Waals surface area contributed by atoms with Crippen LogP contribution in [-0.2, 0) is 46.2 Å². The molecule has 11 aromatic rings. The Balaban J connectivity index is 0.000000164. The van der Waals surface area contributed by atoms with Gasteiger partial charge in [0.15, 0.2) is 21.0 Å². The summed E-state index contributed by atoms with van der Waals surface area (Å²) in [4.78, 5) is 45.9. The van der Waals surface area contributed by atoms with Crippen LogP contribution in [0.25, 0.3) is 34.2 Å². The predicted octanol–water partition coefficient (Wildman–Crippen LogP) is 13.3. The lowest BCUT2D eigenvalue weighted by atomic mass is 9.76. The minimum atomic E-state index is -0.978. The molecule has 0 atom stereocenters. The maximum atomic E-state index is 13.8. The van der Waals surface area contributed by atoms with Crippen LogP contribution in [0.4, 0.5) is 4.39 Å². The molecule has 13 rings (SSSR count). The fourth-order valence-corrected chi connectivity index (χ4v) is 12.1. The lowest BCUT2D eigenvalue weighted by Gasteiger charge is -2.38. The summed E-state index contributed by atoms with van der Waals surface area (Å²) in [5, 5.41) is 10.3. The lowest BCUT2D eigenvalue weighted by Crippen LogP contribution is -2.39. The van der Waals surface area contributed by atoms with Gasteiger partial charge >= 0.3 is 11.9 Å². The van der Waals surface area contributed by atoms with E-state index in [1.54, 1.807) is 19.1 Å². The van der Waals surface area contributed by atoms with Crippen molar-refractivity contribution in [2.45, 2.75) is 50.6 Å². The third-order valence-corrected chi connectivity index (χ3v) is 15.7. The van der Waals surface area contributed by atoms with Crippen LogP contribution in [0.5, 0.6) is 0 Å². The largest absolute Gasteiger partial charge is 0.461 e. The van der Waals surface area contributed by atoms with Crippen LogP contribution in [0.1, 0.15) is 90.5 Å². The van der Waals surface area contributed by atoms with E-state index >= 15 is 0 Å². The Morgan fingerprint density at radius 3 is 1.17 bits per heavy atom. The molecule has 0 bridgehead atoms. The summed E-state index contributed by atoms with van der Waals surface area (Å²) in [6.07, 6.45) is 6.31. The van der Waals surface area contributed by atoms with Gasteiger partial charge in [-0.05, 0) is 108 Å². The third kappa shape index (κ3) is 9.45. The molecule has 0 radical (unpaired) electrons. The van der Waals surface area contributed by atoms with Crippen LogP contribution in [0.2, 0.25) is 0 Å². The minimum absolute atomic E-state index is 0.231. The summed E-state index contributed by atoms with van der Waals surface area (Å²) >= 11 is 2.14. The molecule has 4 heterocycles. The van der Waals surface area contributed by atoms with E-state index in [1.165, 1.54) is 12.1 Å². The number of hydrogen-bond acceptors (Lipinski definition) is 10. The van der Waals surface area contributed by atoms with E-state index in [0.717, 1.165) is 79.1 Å². The number of benzene rings is 7. The van der Waals surface area contributed by atoms with E-state index in [-0.39, 0.29) is 24.7 Å². The van der Waals surface area contributed by atoms with Gasteiger partial charge in [0.05, 0.1) is 36.0 Å². The summed E-state index contributed by atoms with van der Waals surface area (Å²) < 4.78 is 29.5. The van der Waals surface area contributed by atoms with Gasteiger partial charge < -0.3 is 9.47 Å². The third-order valence-electron chi connectivity index (χ3n) is 15.2. The Labute approximate surface area is 487 Å². The highest BCUT2D eigenvalue weighted by atomic mass is 127. The van der Waals surface area contributed by atoms with Crippen molar-refractivity contribution in [3.8, 4) is 34.2 Å². The first-order valence-corrected chi connectivity index (χ1v) is 28.4. The molecule has 0 unspecified atom stereocenters. The van der Waals surface area contributed by atoms with E-state index in [2.05, 4.69) is 105 Å². The van der Waals surface area contributed by atoms with Gasteiger partial charge in [-0.15, -0.1) is 0 Å². The van der Waals surface area contributed by atoms with Crippen LogP contribution < -0.4 is 0 Å². The van der Waals surface area contributed by atoms with E-state index in [4.69, 9.17) is 29.6 Å². The fraction of sp³-hybridized carbons (Fsp3) is 0.147. The first kappa shape index (κ1) is 53.4. The van der Waals surface area contributed by atoms with Gasteiger partial charge in [0.1, 0.15) is 16.9 Å². The highest BCUT2D eigenvalue weighted by molar-refractivity contribution is 14.1. The van der Waals surface area contributed by atoms with Gasteiger partial charge in [-0.1, -0.05) is 182 Å². The maximum Gasteiger partial charge on any atom is 0.359 e. The Kier molecular flexibility index (Phi) is 15.0. The van der Waals surface area contributed by atoms with E-state index in [9.17, 15) is 14.0 Å². The molecule has 0 spiro atoms. The van der Waals surface area contributed by atoms with Crippen LogP contribution in [0, 0.1) is 9.65 Å². The molecular formula is C68H54FIN8O4. The number of nitrogens with zero attached hydrogens (tertiary/aromatic N) is 8. The summed E-state index contributed by atoms with van der Waals surface area (Å²) in [6, 6.07) is 67.7. The molecular weight excluding hydrogens is 1140 g/mol. The minimum Gasteiger partial charge on any atom is -0.461 e. The van der Waals surface area contributed by atoms with Crippen molar-refractivity contribution in [3.05, 3.63) is 295 Å². The van der Waals surface area contributed by atoms with Crippen molar-refractivity contribution < 1.29 is 23.5 Å². The highest BCUT2D eigenvalue weighted by Gasteiger charge is 2.46.